The highest BCUT2D eigenvalue weighted by molar-refractivity contribution is 5.78. The van der Waals surface area contributed by atoms with E-state index in [0.29, 0.717) is 35.8 Å². The van der Waals surface area contributed by atoms with Crippen molar-refractivity contribution in [3.8, 4) is 11.5 Å². The van der Waals surface area contributed by atoms with Crippen LogP contribution in [0.4, 0.5) is 0 Å². The summed E-state index contributed by atoms with van der Waals surface area (Å²) in [5, 5.41) is 3.04. The zero-order valence-electron chi connectivity index (χ0n) is 16.9. The van der Waals surface area contributed by atoms with Crippen LogP contribution in [0.2, 0.25) is 0 Å². The number of oxazole rings is 1. The molecule has 1 N–H and O–H groups in total. The Balaban J connectivity index is 1.58. The lowest BCUT2D eigenvalue weighted by Gasteiger charge is -2.23. The highest BCUT2D eigenvalue weighted by atomic mass is 16.4. The summed E-state index contributed by atoms with van der Waals surface area (Å²) in [5.41, 5.74) is 2.94. The van der Waals surface area contributed by atoms with Crippen molar-refractivity contribution in [1.82, 2.24) is 15.2 Å². The van der Waals surface area contributed by atoms with Crippen molar-refractivity contribution in [2.75, 3.05) is 19.6 Å². The number of benzene rings is 1. The predicted octanol–water partition coefficient (Wildman–Crippen LogP) is 3.92. The number of carbonyl (C=O) groups excluding carboxylic acids is 1. The largest absolute Gasteiger partial charge is 0.441 e. The second-order valence-corrected chi connectivity index (χ2v) is 7.87. The van der Waals surface area contributed by atoms with Gasteiger partial charge in [-0.05, 0) is 63.4 Å². The Hall–Kier alpha value is -2.14. The van der Waals surface area contributed by atoms with E-state index in [9.17, 15) is 4.79 Å². The van der Waals surface area contributed by atoms with Crippen molar-refractivity contribution in [3.63, 3.8) is 0 Å². The van der Waals surface area contributed by atoms with Crippen molar-refractivity contribution < 1.29 is 9.21 Å². The molecule has 1 unspecified atom stereocenters. The second kappa shape index (κ2) is 8.70. The monoisotopic (exact) mass is 369 g/mol. The van der Waals surface area contributed by atoms with Gasteiger partial charge in [0, 0.05) is 18.2 Å². The Bertz CT molecular complexity index is 758. The summed E-state index contributed by atoms with van der Waals surface area (Å²) >= 11 is 0. The van der Waals surface area contributed by atoms with Crippen LogP contribution in [-0.4, -0.2) is 41.5 Å². The van der Waals surface area contributed by atoms with Crippen LogP contribution in [0.3, 0.4) is 0 Å². The minimum absolute atomic E-state index is 0.000785. The van der Waals surface area contributed by atoms with Gasteiger partial charge in [-0.1, -0.05) is 26.0 Å². The first-order chi connectivity index (χ1) is 12.9. The first kappa shape index (κ1) is 19.6. The van der Waals surface area contributed by atoms with E-state index in [1.54, 1.807) is 0 Å². The van der Waals surface area contributed by atoms with Gasteiger partial charge in [0.1, 0.15) is 5.76 Å². The van der Waals surface area contributed by atoms with Crippen molar-refractivity contribution >= 4 is 5.91 Å². The van der Waals surface area contributed by atoms with Gasteiger partial charge in [0.2, 0.25) is 11.8 Å². The fourth-order valence-electron chi connectivity index (χ4n) is 3.51. The molecule has 27 heavy (non-hydrogen) atoms. The van der Waals surface area contributed by atoms with E-state index in [1.807, 2.05) is 19.1 Å². The average Bonchev–Trinajstić information content (AvgIpc) is 3.30. The summed E-state index contributed by atoms with van der Waals surface area (Å²) in [7, 11) is 0. The first-order valence-corrected chi connectivity index (χ1v) is 10.0. The van der Waals surface area contributed by atoms with E-state index in [4.69, 9.17) is 4.42 Å². The van der Waals surface area contributed by atoms with Crippen molar-refractivity contribution in [1.29, 1.82) is 0 Å². The van der Waals surface area contributed by atoms with Gasteiger partial charge < -0.3 is 9.73 Å². The highest BCUT2D eigenvalue weighted by Gasteiger charge is 2.19. The van der Waals surface area contributed by atoms with Gasteiger partial charge in [0.25, 0.3) is 0 Å². The van der Waals surface area contributed by atoms with Gasteiger partial charge in [-0.15, -0.1) is 0 Å². The zero-order chi connectivity index (χ0) is 19.4. The summed E-state index contributed by atoms with van der Waals surface area (Å²) in [6, 6.07) is 8.65. The smallest absolute Gasteiger partial charge is 0.226 e. The Kier molecular flexibility index (Phi) is 6.32. The molecule has 146 valence electrons. The molecule has 1 amide bonds. The molecular weight excluding hydrogens is 338 g/mol. The number of carbonyl (C=O) groups is 1. The number of nitrogens with zero attached hydrogens (tertiary/aromatic N) is 2. The zero-order valence-corrected chi connectivity index (χ0v) is 16.9. The number of aromatic nitrogens is 1. The molecule has 0 spiro atoms. The number of nitrogens with one attached hydrogen (secondary N) is 1. The van der Waals surface area contributed by atoms with Crippen LogP contribution in [0.25, 0.3) is 11.5 Å². The number of amides is 1. The summed E-state index contributed by atoms with van der Waals surface area (Å²) < 4.78 is 5.81. The van der Waals surface area contributed by atoms with Gasteiger partial charge >= 0.3 is 0 Å². The van der Waals surface area contributed by atoms with Crippen molar-refractivity contribution in [3.05, 3.63) is 41.3 Å². The summed E-state index contributed by atoms with van der Waals surface area (Å²) in [6.07, 6.45) is 2.78. The maximum atomic E-state index is 12.3. The molecule has 0 bridgehead atoms. The topological polar surface area (TPSA) is 58.4 Å². The number of likely N-dealkylation sites (tertiary alicyclic amines) is 1. The fourth-order valence-corrected chi connectivity index (χ4v) is 3.51. The summed E-state index contributed by atoms with van der Waals surface area (Å²) in [6.45, 7) is 11.3. The van der Waals surface area contributed by atoms with E-state index in [0.717, 1.165) is 18.7 Å². The quantitative estimate of drug-likeness (QED) is 0.804. The normalized spacial score (nSPS) is 16.0. The SMILES string of the molecule is Cc1oc(-c2ccc(C(C)C)cc2)nc1CC(=O)NCC(C)N1CCCC1. The Morgan fingerprint density at radius 1 is 1.19 bits per heavy atom. The van der Waals surface area contributed by atoms with E-state index < -0.39 is 0 Å². The molecule has 1 fully saturated rings. The predicted molar refractivity (Wildman–Crippen MR) is 108 cm³/mol. The molecule has 0 saturated carbocycles. The molecule has 5 heteroatoms. The minimum Gasteiger partial charge on any atom is -0.441 e. The molecule has 0 radical (unpaired) electrons. The van der Waals surface area contributed by atoms with Gasteiger partial charge in [0.15, 0.2) is 0 Å². The average molecular weight is 370 g/mol. The molecule has 1 aliphatic heterocycles. The number of rotatable bonds is 7. The Morgan fingerprint density at radius 3 is 2.48 bits per heavy atom. The van der Waals surface area contributed by atoms with Crippen LogP contribution >= 0.6 is 0 Å². The third-order valence-corrected chi connectivity index (χ3v) is 5.40. The third kappa shape index (κ3) is 4.98. The maximum Gasteiger partial charge on any atom is 0.226 e. The van der Waals surface area contributed by atoms with Crippen molar-refractivity contribution in [2.45, 2.75) is 58.9 Å². The first-order valence-electron chi connectivity index (χ1n) is 10.0. The minimum atomic E-state index is -0.000785. The van der Waals surface area contributed by atoms with Crippen LogP contribution in [0.5, 0.6) is 0 Å². The van der Waals surface area contributed by atoms with Gasteiger partial charge in [0.05, 0.1) is 12.1 Å². The Labute approximate surface area is 162 Å². The van der Waals surface area contributed by atoms with Crippen LogP contribution in [-0.2, 0) is 11.2 Å². The fraction of sp³-hybridized carbons (Fsp3) is 0.545. The molecule has 3 rings (SSSR count). The summed E-state index contributed by atoms with van der Waals surface area (Å²) in [4.78, 5) is 19.3. The van der Waals surface area contributed by atoms with Gasteiger partial charge in [-0.3, -0.25) is 9.69 Å². The molecule has 1 aromatic heterocycles. The van der Waals surface area contributed by atoms with Crippen LogP contribution < -0.4 is 5.32 Å². The van der Waals surface area contributed by atoms with E-state index in [2.05, 4.69) is 48.1 Å². The lowest BCUT2D eigenvalue weighted by molar-refractivity contribution is -0.120. The van der Waals surface area contributed by atoms with E-state index in [-0.39, 0.29) is 12.3 Å². The number of hydrogen-bond acceptors (Lipinski definition) is 4. The lowest BCUT2D eigenvalue weighted by atomic mass is 10.0. The Morgan fingerprint density at radius 2 is 1.85 bits per heavy atom. The van der Waals surface area contributed by atoms with Gasteiger partial charge in [-0.2, -0.15) is 0 Å². The molecule has 1 atom stereocenters. The number of aryl methyl sites for hydroxylation is 1. The van der Waals surface area contributed by atoms with E-state index >= 15 is 0 Å². The van der Waals surface area contributed by atoms with Crippen molar-refractivity contribution in [2.24, 2.45) is 0 Å². The van der Waals surface area contributed by atoms with Crippen LogP contribution in [0.15, 0.2) is 28.7 Å². The lowest BCUT2D eigenvalue weighted by Crippen LogP contribution is -2.41. The van der Waals surface area contributed by atoms with Gasteiger partial charge in [-0.25, -0.2) is 4.98 Å². The maximum absolute atomic E-state index is 12.3. The standard InChI is InChI=1S/C22H31N3O2/c1-15(2)18-7-9-19(10-8-18)22-24-20(17(4)27-22)13-21(26)23-14-16(3)25-11-5-6-12-25/h7-10,15-16H,5-6,11-14H2,1-4H3,(H,23,26). The third-order valence-electron chi connectivity index (χ3n) is 5.40. The summed E-state index contributed by atoms with van der Waals surface area (Å²) in [5.74, 6) is 1.78. The number of hydrogen-bond donors (Lipinski definition) is 1. The van der Waals surface area contributed by atoms with Crippen LogP contribution in [0.1, 0.15) is 56.5 Å². The second-order valence-electron chi connectivity index (χ2n) is 7.87. The molecule has 1 saturated heterocycles. The molecule has 0 aliphatic carbocycles. The molecule has 2 heterocycles. The molecule has 5 nitrogen and oxygen atoms in total. The molecule has 1 aliphatic rings. The van der Waals surface area contributed by atoms with E-state index in [1.165, 1.54) is 18.4 Å². The molecule has 2 aromatic rings. The van der Waals surface area contributed by atoms with Crippen LogP contribution in [0, 0.1) is 6.92 Å². The highest BCUT2D eigenvalue weighted by Crippen LogP contribution is 2.24. The molecule has 1 aromatic carbocycles. The molecular formula is C22H31N3O2.